The normalized spacial score (nSPS) is 14.6. The molecule has 1 N–H and O–H groups in total. The zero-order chi connectivity index (χ0) is 23.5. The number of nitrogens with zero attached hydrogens (tertiary/aromatic N) is 1. The number of anilines is 2. The molecule has 0 radical (unpaired) electrons. The van der Waals surface area contributed by atoms with Crippen LogP contribution in [0, 0.1) is 0 Å². The van der Waals surface area contributed by atoms with Crippen LogP contribution in [0.4, 0.5) is 11.4 Å². The van der Waals surface area contributed by atoms with Gasteiger partial charge in [-0.3, -0.25) is 9.10 Å². The largest absolute Gasteiger partial charge is 0.493 e. The Morgan fingerprint density at radius 2 is 1.81 bits per heavy atom. The van der Waals surface area contributed by atoms with E-state index in [1.165, 1.54) is 20.3 Å². The van der Waals surface area contributed by atoms with Crippen LogP contribution in [-0.4, -0.2) is 42.2 Å². The number of carbonyl (C=O) groups excluding carboxylic acids is 1. The third kappa shape index (κ3) is 4.21. The maximum Gasteiger partial charge on any atom is 0.270 e. The molecular weight excluding hydrogens is 432 g/mol. The zero-order valence-electron chi connectivity index (χ0n) is 18.5. The summed E-state index contributed by atoms with van der Waals surface area (Å²) in [5.74, 6) is 0.0770. The molecule has 170 valence electrons. The van der Waals surface area contributed by atoms with E-state index in [0.29, 0.717) is 40.6 Å². The minimum atomic E-state index is -4.16. The van der Waals surface area contributed by atoms with Gasteiger partial charge in [-0.2, -0.15) is 0 Å². The van der Waals surface area contributed by atoms with Gasteiger partial charge in [-0.1, -0.05) is 18.2 Å². The third-order valence-corrected chi connectivity index (χ3v) is 6.99. The van der Waals surface area contributed by atoms with Crippen molar-refractivity contribution >= 4 is 32.9 Å². The van der Waals surface area contributed by atoms with E-state index in [-0.39, 0.29) is 11.4 Å². The topological polar surface area (TPSA) is 94.2 Å². The van der Waals surface area contributed by atoms with Crippen molar-refractivity contribution in [3.8, 4) is 11.5 Å². The van der Waals surface area contributed by atoms with Crippen LogP contribution in [0.25, 0.3) is 5.57 Å². The van der Waals surface area contributed by atoms with Gasteiger partial charge in [0.2, 0.25) is 0 Å². The lowest BCUT2D eigenvalue weighted by atomic mass is 10.0. The number of ether oxygens (including phenoxy) is 3. The molecule has 0 spiro atoms. The Bertz CT molecular complexity index is 1190. The Labute approximate surface area is 188 Å². The van der Waals surface area contributed by atoms with Crippen molar-refractivity contribution in [3.05, 3.63) is 65.1 Å². The molecule has 0 fully saturated rings. The first-order chi connectivity index (χ1) is 15.3. The summed E-state index contributed by atoms with van der Waals surface area (Å²) < 4.78 is 44.0. The second-order valence-electron chi connectivity index (χ2n) is 7.09. The number of allylic oxidation sites excluding steroid dienone is 1. The van der Waals surface area contributed by atoms with Gasteiger partial charge in [0.25, 0.3) is 15.9 Å². The summed E-state index contributed by atoms with van der Waals surface area (Å²) in [7, 11) is 0.370. The molecule has 0 saturated heterocycles. The minimum Gasteiger partial charge on any atom is -0.493 e. The molecule has 2 aromatic carbocycles. The Hall–Kier alpha value is -3.30. The van der Waals surface area contributed by atoms with Crippen LogP contribution in [0.5, 0.6) is 11.5 Å². The van der Waals surface area contributed by atoms with Crippen LogP contribution in [0.3, 0.4) is 0 Å². The second kappa shape index (κ2) is 9.46. The second-order valence-corrected chi connectivity index (χ2v) is 8.89. The molecule has 32 heavy (non-hydrogen) atoms. The summed E-state index contributed by atoms with van der Waals surface area (Å²) >= 11 is 0. The van der Waals surface area contributed by atoms with Crippen molar-refractivity contribution in [2.45, 2.75) is 13.5 Å². The van der Waals surface area contributed by atoms with E-state index >= 15 is 0 Å². The van der Waals surface area contributed by atoms with E-state index < -0.39 is 15.9 Å². The van der Waals surface area contributed by atoms with Gasteiger partial charge >= 0.3 is 0 Å². The maximum absolute atomic E-state index is 13.5. The van der Waals surface area contributed by atoms with Crippen molar-refractivity contribution in [2.24, 2.45) is 0 Å². The molecule has 1 amide bonds. The van der Waals surface area contributed by atoms with Crippen LogP contribution in [0.2, 0.25) is 0 Å². The predicted octanol–water partition coefficient (Wildman–Crippen LogP) is 3.56. The summed E-state index contributed by atoms with van der Waals surface area (Å²) in [4.78, 5) is 12.9. The number of amides is 1. The van der Waals surface area contributed by atoms with Crippen LogP contribution in [0.15, 0.2) is 54.0 Å². The fraction of sp³-hybridized carbons (Fsp3) is 0.261. The molecule has 0 atom stereocenters. The SMILES string of the molecule is C=CCN1c2cc(OC)c(OC)cc2C(C)=C(C(=O)Nc2cccc(COC)c2)S1(=O)=O. The van der Waals surface area contributed by atoms with Crippen LogP contribution < -0.4 is 19.1 Å². The Morgan fingerprint density at radius 1 is 1.12 bits per heavy atom. The van der Waals surface area contributed by atoms with Crippen molar-refractivity contribution < 1.29 is 27.4 Å². The quantitative estimate of drug-likeness (QED) is 0.608. The Kier molecular flexibility index (Phi) is 6.90. The molecule has 1 heterocycles. The number of nitrogens with one attached hydrogen (secondary N) is 1. The molecule has 0 aromatic heterocycles. The number of benzene rings is 2. The molecule has 2 aromatic rings. The molecule has 0 aliphatic carbocycles. The third-order valence-electron chi connectivity index (χ3n) is 5.06. The summed E-state index contributed by atoms with van der Waals surface area (Å²) in [6.45, 7) is 5.62. The highest BCUT2D eigenvalue weighted by Gasteiger charge is 2.40. The van der Waals surface area contributed by atoms with E-state index in [9.17, 15) is 13.2 Å². The molecule has 0 saturated carbocycles. The lowest BCUT2D eigenvalue weighted by Gasteiger charge is -2.32. The van der Waals surface area contributed by atoms with Crippen molar-refractivity contribution in [3.63, 3.8) is 0 Å². The van der Waals surface area contributed by atoms with Gasteiger partial charge in [0.05, 0.1) is 33.1 Å². The smallest absolute Gasteiger partial charge is 0.270 e. The monoisotopic (exact) mass is 458 g/mol. The van der Waals surface area contributed by atoms with E-state index in [4.69, 9.17) is 14.2 Å². The number of rotatable bonds is 8. The standard InChI is InChI=1S/C23H26N2O6S/c1-6-10-25-19-13-21(31-5)20(30-4)12-18(19)15(2)22(32(25,27)28)23(26)24-17-9-7-8-16(11-17)14-29-3/h6-9,11-13H,1,10,14H2,2-5H3,(H,24,26). The highest BCUT2D eigenvalue weighted by atomic mass is 32.2. The maximum atomic E-state index is 13.5. The van der Waals surface area contributed by atoms with Crippen molar-refractivity contribution in [1.29, 1.82) is 0 Å². The van der Waals surface area contributed by atoms with Gasteiger partial charge in [0.15, 0.2) is 16.4 Å². The van der Waals surface area contributed by atoms with E-state index in [2.05, 4.69) is 11.9 Å². The molecule has 9 heteroatoms. The minimum absolute atomic E-state index is 0.0157. The van der Waals surface area contributed by atoms with E-state index in [1.807, 2.05) is 6.07 Å². The lowest BCUT2D eigenvalue weighted by molar-refractivity contribution is -0.112. The van der Waals surface area contributed by atoms with Crippen LogP contribution in [-0.2, 0) is 26.2 Å². The number of sulfonamides is 1. The van der Waals surface area contributed by atoms with Crippen LogP contribution in [0.1, 0.15) is 18.1 Å². The molecule has 0 bridgehead atoms. The van der Waals surface area contributed by atoms with Gasteiger partial charge in [-0.15, -0.1) is 6.58 Å². The first-order valence-electron chi connectivity index (χ1n) is 9.78. The summed E-state index contributed by atoms with van der Waals surface area (Å²) in [6.07, 6.45) is 1.46. The summed E-state index contributed by atoms with van der Waals surface area (Å²) in [5, 5.41) is 2.70. The summed E-state index contributed by atoms with van der Waals surface area (Å²) in [6, 6.07) is 10.3. The number of carbonyl (C=O) groups is 1. The van der Waals surface area contributed by atoms with Gasteiger partial charge in [-0.25, -0.2) is 8.42 Å². The first kappa shape index (κ1) is 23.4. The number of methoxy groups -OCH3 is 3. The van der Waals surface area contributed by atoms with Crippen LogP contribution >= 0.6 is 0 Å². The van der Waals surface area contributed by atoms with E-state index in [0.717, 1.165) is 9.87 Å². The van der Waals surface area contributed by atoms with Gasteiger partial charge in [0, 0.05) is 24.4 Å². The molecule has 0 unspecified atom stereocenters. The molecule has 1 aliphatic heterocycles. The fourth-order valence-electron chi connectivity index (χ4n) is 3.62. The molecule has 8 nitrogen and oxygen atoms in total. The van der Waals surface area contributed by atoms with Gasteiger partial charge < -0.3 is 19.5 Å². The average Bonchev–Trinajstić information content (AvgIpc) is 2.76. The summed E-state index contributed by atoms with van der Waals surface area (Å²) in [5.41, 5.74) is 2.56. The Morgan fingerprint density at radius 3 is 2.44 bits per heavy atom. The number of fused-ring (bicyclic) bond motifs is 1. The van der Waals surface area contributed by atoms with Gasteiger partial charge in [-0.05, 0) is 36.3 Å². The van der Waals surface area contributed by atoms with Crippen molar-refractivity contribution in [1.82, 2.24) is 0 Å². The predicted molar refractivity (Wildman–Crippen MR) is 124 cm³/mol. The molecular formula is C23H26N2O6S. The highest BCUT2D eigenvalue weighted by Crippen LogP contribution is 2.45. The lowest BCUT2D eigenvalue weighted by Crippen LogP contribution is -2.39. The average molecular weight is 459 g/mol. The number of hydrogen-bond donors (Lipinski definition) is 1. The highest BCUT2D eigenvalue weighted by molar-refractivity contribution is 7.97. The van der Waals surface area contributed by atoms with Crippen molar-refractivity contribution in [2.75, 3.05) is 37.5 Å². The van der Waals surface area contributed by atoms with Gasteiger partial charge in [0.1, 0.15) is 0 Å². The first-order valence-corrected chi connectivity index (χ1v) is 11.2. The Balaban J connectivity index is 2.14. The number of hydrogen-bond acceptors (Lipinski definition) is 6. The van der Waals surface area contributed by atoms with E-state index in [1.54, 1.807) is 44.4 Å². The fourth-order valence-corrected chi connectivity index (χ4v) is 5.34. The zero-order valence-corrected chi connectivity index (χ0v) is 19.3. The molecule has 3 rings (SSSR count). The molecule has 1 aliphatic rings.